The molecule has 10 heteroatoms. The van der Waals surface area contributed by atoms with Crippen molar-refractivity contribution in [2.45, 2.75) is 45.9 Å². The van der Waals surface area contributed by atoms with Crippen molar-refractivity contribution in [3.05, 3.63) is 35.9 Å². The molecule has 0 aliphatic carbocycles. The Balaban J connectivity index is 2.62. The lowest BCUT2D eigenvalue weighted by Crippen LogP contribution is -2.54. The molecule has 1 atom stereocenters. The number of benzene rings is 1. The van der Waals surface area contributed by atoms with E-state index in [4.69, 9.17) is 14.2 Å². The number of carbonyl (C=O) groups is 4. The largest absolute Gasteiger partial charge is 0.465 e. The van der Waals surface area contributed by atoms with Gasteiger partial charge in [0.25, 0.3) is 0 Å². The molecule has 0 bridgehead atoms. The number of ether oxygens (including phenoxy) is 3. The number of carbonyl (C=O) groups excluding carboxylic acids is 4. The van der Waals surface area contributed by atoms with Crippen LogP contribution in [0.5, 0.6) is 0 Å². The Labute approximate surface area is 175 Å². The molecule has 0 radical (unpaired) electrons. The van der Waals surface area contributed by atoms with E-state index in [1.54, 1.807) is 39.8 Å². The number of alkyl carbamates (subject to hydrolysis) is 2. The molecule has 0 aromatic heterocycles. The molecule has 0 spiro atoms. The van der Waals surface area contributed by atoms with Crippen LogP contribution in [-0.2, 0) is 30.4 Å². The summed E-state index contributed by atoms with van der Waals surface area (Å²) < 4.78 is 14.9. The van der Waals surface area contributed by atoms with E-state index in [9.17, 15) is 19.2 Å². The number of esters is 1. The zero-order valence-corrected chi connectivity index (χ0v) is 17.7. The molecule has 0 unspecified atom stereocenters. The van der Waals surface area contributed by atoms with Gasteiger partial charge >= 0.3 is 18.2 Å². The van der Waals surface area contributed by atoms with Crippen molar-refractivity contribution in [3.8, 4) is 0 Å². The van der Waals surface area contributed by atoms with Crippen LogP contribution in [0, 0.1) is 0 Å². The smallest absolute Gasteiger partial charge is 0.408 e. The molecule has 3 amide bonds. The van der Waals surface area contributed by atoms with Crippen molar-refractivity contribution in [2.75, 3.05) is 19.7 Å². The Bertz CT molecular complexity index is 717. The summed E-state index contributed by atoms with van der Waals surface area (Å²) in [5, 5.41) is 7.11. The summed E-state index contributed by atoms with van der Waals surface area (Å²) >= 11 is 0. The van der Waals surface area contributed by atoms with Gasteiger partial charge in [-0.3, -0.25) is 9.59 Å². The maximum absolute atomic E-state index is 12.4. The fourth-order valence-electron chi connectivity index (χ4n) is 2.11. The van der Waals surface area contributed by atoms with Gasteiger partial charge in [-0.25, -0.2) is 9.59 Å². The predicted octanol–water partition coefficient (Wildman–Crippen LogP) is 1.49. The normalized spacial score (nSPS) is 11.6. The number of rotatable bonds is 9. The van der Waals surface area contributed by atoms with Gasteiger partial charge in [-0.1, -0.05) is 30.3 Å². The fraction of sp³-hybridized carbons (Fsp3) is 0.500. The molecule has 3 N–H and O–H groups in total. The van der Waals surface area contributed by atoms with Gasteiger partial charge in [0, 0.05) is 0 Å². The van der Waals surface area contributed by atoms with E-state index in [0.717, 1.165) is 5.56 Å². The maximum Gasteiger partial charge on any atom is 0.408 e. The van der Waals surface area contributed by atoms with Crippen LogP contribution in [0.15, 0.2) is 30.3 Å². The minimum Gasteiger partial charge on any atom is -0.465 e. The first-order valence-electron chi connectivity index (χ1n) is 9.48. The third-order valence-corrected chi connectivity index (χ3v) is 3.38. The van der Waals surface area contributed by atoms with Gasteiger partial charge in [-0.2, -0.15) is 0 Å². The molecule has 30 heavy (non-hydrogen) atoms. The van der Waals surface area contributed by atoms with Gasteiger partial charge in [0.1, 0.15) is 24.8 Å². The highest BCUT2D eigenvalue weighted by atomic mass is 16.6. The van der Waals surface area contributed by atoms with Crippen molar-refractivity contribution in [3.63, 3.8) is 0 Å². The van der Waals surface area contributed by atoms with Gasteiger partial charge in [0.05, 0.1) is 13.2 Å². The second-order valence-electron chi connectivity index (χ2n) is 7.16. The molecule has 0 aliphatic heterocycles. The second-order valence-corrected chi connectivity index (χ2v) is 7.16. The summed E-state index contributed by atoms with van der Waals surface area (Å²) in [6.07, 6.45) is -1.62. The van der Waals surface area contributed by atoms with Crippen LogP contribution >= 0.6 is 0 Å². The first-order valence-corrected chi connectivity index (χ1v) is 9.48. The molecule has 0 saturated carbocycles. The molecular weight excluding hydrogens is 394 g/mol. The van der Waals surface area contributed by atoms with Crippen LogP contribution < -0.4 is 16.0 Å². The van der Waals surface area contributed by atoms with Gasteiger partial charge in [0.15, 0.2) is 0 Å². The summed E-state index contributed by atoms with van der Waals surface area (Å²) in [4.78, 5) is 47.7. The van der Waals surface area contributed by atoms with E-state index in [1.165, 1.54) is 0 Å². The lowest BCUT2D eigenvalue weighted by atomic mass is 10.2. The van der Waals surface area contributed by atoms with Crippen LogP contribution in [-0.4, -0.2) is 55.4 Å². The summed E-state index contributed by atoms with van der Waals surface area (Å²) in [5.41, 5.74) is 0.0150. The van der Waals surface area contributed by atoms with E-state index in [0.29, 0.717) is 0 Å². The van der Waals surface area contributed by atoms with Crippen molar-refractivity contribution in [1.29, 1.82) is 0 Å². The Morgan fingerprint density at radius 2 is 1.63 bits per heavy atom. The maximum atomic E-state index is 12.4. The molecule has 1 aromatic rings. The van der Waals surface area contributed by atoms with Gasteiger partial charge in [-0.15, -0.1) is 0 Å². The van der Waals surface area contributed by atoms with Gasteiger partial charge < -0.3 is 30.2 Å². The van der Waals surface area contributed by atoms with Crippen LogP contribution in [0.2, 0.25) is 0 Å². The molecule has 0 saturated heterocycles. The zero-order chi connectivity index (χ0) is 22.6. The van der Waals surface area contributed by atoms with Gasteiger partial charge in [0.2, 0.25) is 5.91 Å². The number of hydrogen-bond acceptors (Lipinski definition) is 7. The average Bonchev–Trinajstić information content (AvgIpc) is 2.67. The van der Waals surface area contributed by atoms with E-state index in [1.807, 2.05) is 18.2 Å². The highest BCUT2D eigenvalue weighted by Crippen LogP contribution is 2.07. The average molecular weight is 423 g/mol. The lowest BCUT2D eigenvalue weighted by Gasteiger charge is -2.23. The van der Waals surface area contributed by atoms with E-state index < -0.39 is 35.7 Å². The van der Waals surface area contributed by atoms with Crippen LogP contribution in [0.25, 0.3) is 0 Å². The fourth-order valence-corrected chi connectivity index (χ4v) is 2.11. The highest BCUT2D eigenvalue weighted by Gasteiger charge is 2.25. The Morgan fingerprint density at radius 1 is 0.967 bits per heavy atom. The number of hydrogen-bond donors (Lipinski definition) is 3. The molecule has 1 aromatic carbocycles. The summed E-state index contributed by atoms with van der Waals surface area (Å²) in [7, 11) is 0. The second kappa shape index (κ2) is 12.3. The Kier molecular flexibility index (Phi) is 10.1. The molecule has 0 aliphatic rings. The van der Waals surface area contributed by atoms with Crippen molar-refractivity contribution in [2.24, 2.45) is 0 Å². The van der Waals surface area contributed by atoms with E-state index in [2.05, 4.69) is 16.0 Å². The molecule has 1 rings (SSSR count). The third-order valence-electron chi connectivity index (χ3n) is 3.38. The van der Waals surface area contributed by atoms with Crippen molar-refractivity contribution in [1.82, 2.24) is 16.0 Å². The minimum absolute atomic E-state index is 0.0475. The molecule has 0 fully saturated rings. The monoisotopic (exact) mass is 423 g/mol. The van der Waals surface area contributed by atoms with Crippen molar-refractivity contribution < 1.29 is 33.4 Å². The van der Waals surface area contributed by atoms with Crippen molar-refractivity contribution >= 4 is 24.1 Å². The summed E-state index contributed by atoms with van der Waals surface area (Å²) in [6, 6.07) is 7.85. The van der Waals surface area contributed by atoms with Gasteiger partial charge in [-0.05, 0) is 33.3 Å². The van der Waals surface area contributed by atoms with E-state index in [-0.39, 0.29) is 26.3 Å². The first-order chi connectivity index (χ1) is 14.1. The Morgan fingerprint density at radius 3 is 2.23 bits per heavy atom. The topological polar surface area (TPSA) is 132 Å². The number of amides is 3. The molecular formula is C20H29N3O7. The quantitative estimate of drug-likeness (QED) is 0.405. The van der Waals surface area contributed by atoms with E-state index >= 15 is 0 Å². The summed E-state index contributed by atoms with van der Waals surface area (Å²) in [5.74, 6) is -1.32. The third kappa shape index (κ3) is 10.9. The molecule has 0 heterocycles. The summed E-state index contributed by atoms with van der Waals surface area (Å²) in [6.45, 7) is 6.20. The predicted molar refractivity (Wildman–Crippen MR) is 107 cm³/mol. The highest BCUT2D eigenvalue weighted by molar-refractivity contribution is 5.88. The lowest BCUT2D eigenvalue weighted by molar-refractivity contribution is -0.143. The molecule has 10 nitrogen and oxygen atoms in total. The standard InChI is InChI=1S/C20H29N3O7/c1-5-28-16(24)12-21-17(25)15(23-19(27)30-20(2,3)4)11-22-18(26)29-13-14-9-7-6-8-10-14/h6-10,15H,5,11-13H2,1-4H3,(H,21,25)(H,22,26)(H,23,27)/t15-/m0/s1. The Hall–Kier alpha value is -3.30. The zero-order valence-electron chi connectivity index (χ0n) is 17.7. The van der Waals surface area contributed by atoms with Crippen LogP contribution in [0.3, 0.4) is 0 Å². The molecule has 166 valence electrons. The SMILES string of the molecule is CCOC(=O)CNC(=O)[C@H](CNC(=O)OCc1ccccc1)NC(=O)OC(C)(C)C. The van der Waals surface area contributed by atoms with Crippen LogP contribution in [0.1, 0.15) is 33.3 Å². The van der Waals surface area contributed by atoms with Crippen LogP contribution in [0.4, 0.5) is 9.59 Å². The first kappa shape index (κ1) is 24.7. The number of nitrogens with one attached hydrogen (secondary N) is 3. The minimum atomic E-state index is -1.20.